The van der Waals surface area contributed by atoms with Gasteiger partial charge in [-0.15, -0.1) is 5.10 Å². The van der Waals surface area contributed by atoms with Crippen LogP contribution in [0.5, 0.6) is 11.5 Å². The highest BCUT2D eigenvalue weighted by Gasteiger charge is 2.16. The van der Waals surface area contributed by atoms with Crippen molar-refractivity contribution in [2.24, 2.45) is 0 Å². The van der Waals surface area contributed by atoms with Gasteiger partial charge in [-0.25, -0.2) is 4.68 Å². The van der Waals surface area contributed by atoms with Gasteiger partial charge in [0.1, 0.15) is 0 Å². The lowest BCUT2D eigenvalue weighted by molar-refractivity contribution is 0.297. The molecular weight excluding hydrogens is 408 g/mol. The molecule has 0 bridgehead atoms. The van der Waals surface area contributed by atoms with Crippen molar-refractivity contribution < 1.29 is 9.47 Å². The van der Waals surface area contributed by atoms with Gasteiger partial charge in [-0.2, -0.15) is 0 Å². The molecule has 0 saturated heterocycles. The van der Waals surface area contributed by atoms with Crippen molar-refractivity contribution in [1.29, 1.82) is 0 Å². The van der Waals surface area contributed by atoms with Crippen molar-refractivity contribution in [3.05, 3.63) is 57.0 Å². The van der Waals surface area contributed by atoms with Crippen LogP contribution in [0.3, 0.4) is 0 Å². The SMILES string of the molecule is S=c1sc(SCc2cc(Cl)c3c(c2)OCCCO3)nn1-c1ccccc1. The molecule has 0 amide bonds. The minimum Gasteiger partial charge on any atom is -0.489 e. The Balaban J connectivity index is 1.52. The number of hydrogen-bond acceptors (Lipinski definition) is 6. The molecule has 0 saturated carbocycles. The molecule has 0 N–H and O–H groups in total. The van der Waals surface area contributed by atoms with E-state index in [1.807, 2.05) is 42.5 Å². The maximum absolute atomic E-state index is 6.36. The standard InChI is InChI=1S/C18H15ClN2O2S3/c19-14-9-12(10-15-16(14)23-8-4-7-22-15)11-25-17-20-21(18(24)26-17)13-5-2-1-3-6-13/h1-3,5-6,9-10H,4,7-8,11H2. The highest BCUT2D eigenvalue weighted by atomic mass is 35.5. The first-order valence-electron chi connectivity index (χ1n) is 8.07. The van der Waals surface area contributed by atoms with E-state index in [9.17, 15) is 0 Å². The Kier molecular flexibility index (Phi) is 5.49. The van der Waals surface area contributed by atoms with E-state index in [-0.39, 0.29) is 0 Å². The molecule has 0 aliphatic carbocycles. The Morgan fingerprint density at radius 3 is 2.85 bits per heavy atom. The van der Waals surface area contributed by atoms with Crippen LogP contribution in [0.2, 0.25) is 5.02 Å². The van der Waals surface area contributed by atoms with Gasteiger partial charge in [0.2, 0.25) is 0 Å². The molecule has 0 atom stereocenters. The first-order chi connectivity index (χ1) is 12.7. The zero-order chi connectivity index (χ0) is 17.9. The fourth-order valence-electron chi connectivity index (χ4n) is 2.56. The molecule has 2 aromatic carbocycles. The summed E-state index contributed by atoms with van der Waals surface area (Å²) in [4.78, 5) is 0. The topological polar surface area (TPSA) is 36.3 Å². The molecule has 2 heterocycles. The van der Waals surface area contributed by atoms with E-state index in [1.165, 1.54) is 11.3 Å². The summed E-state index contributed by atoms with van der Waals surface area (Å²) in [5, 5.41) is 5.21. The van der Waals surface area contributed by atoms with E-state index in [2.05, 4.69) is 5.10 Å². The maximum Gasteiger partial charge on any atom is 0.184 e. The van der Waals surface area contributed by atoms with Crippen LogP contribution >= 0.6 is 46.9 Å². The highest BCUT2D eigenvalue weighted by molar-refractivity contribution is 8.00. The van der Waals surface area contributed by atoms with E-state index in [4.69, 9.17) is 33.3 Å². The van der Waals surface area contributed by atoms with Crippen molar-refractivity contribution in [3.63, 3.8) is 0 Å². The number of rotatable bonds is 4. The number of ether oxygens (including phenoxy) is 2. The second-order valence-corrected chi connectivity index (χ2v) is 8.88. The number of fused-ring (bicyclic) bond motifs is 1. The Morgan fingerprint density at radius 1 is 1.19 bits per heavy atom. The van der Waals surface area contributed by atoms with Gasteiger partial charge in [0.25, 0.3) is 0 Å². The van der Waals surface area contributed by atoms with Crippen LogP contribution in [0.25, 0.3) is 5.69 Å². The third-order valence-corrected chi connectivity index (χ3v) is 6.47. The van der Waals surface area contributed by atoms with E-state index < -0.39 is 0 Å². The summed E-state index contributed by atoms with van der Waals surface area (Å²) in [6.07, 6.45) is 0.856. The second-order valence-electron chi connectivity index (χ2n) is 5.63. The quantitative estimate of drug-likeness (QED) is 0.394. The minimum absolute atomic E-state index is 0.586. The van der Waals surface area contributed by atoms with Gasteiger partial charge >= 0.3 is 0 Å². The van der Waals surface area contributed by atoms with Gasteiger partial charge < -0.3 is 9.47 Å². The van der Waals surface area contributed by atoms with Crippen LogP contribution in [0.1, 0.15) is 12.0 Å². The zero-order valence-corrected chi connectivity index (χ0v) is 16.9. The lowest BCUT2D eigenvalue weighted by atomic mass is 10.2. The van der Waals surface area contributed by atoms with Gasteiger partial charge in [-0.1, -0.05) is 52.9 Å². The fourth-order valence-corrected chi connectivity index (χ4v) is 5.14. The summed E-state index contributed by atoms with van der Waals surface area (Å²) in [5.41, 5.74) is 2.04. The second kappa shape index (κ2) is 8.00. The van der Waals surface area contributed by atoms with E-state index in [0.29, 0.717) is 29.7 Å². The minimum atomic E-state index is 0.586. The molecule has 1 aromatic heterocycles. The number of hydrogen-bond donors (Lipinski definition) is 0. The predicted octanol–water partition coefficient (Wildman–Crippen LogP) is 5.77. The molecule has 0 unspecified atom stereocenters. The van der Waals surface area contributed by atoms with E-state index >= 15 is 0 Å². The van der Waals surface area contributed by atoms with Crippen molar-refractivity contribution in [2.75, 3.05) is 13.2 Å². The molecule has 0 radical (unpaired) electrons. The van der Waals surface area contributed by atoms with Gasteiger partial charge in [-0.05, 0) is 42.0 Å². The Labute approximate surface area is 169 Å². The molecule has 1 aliphatic rings. The number of benzene rings is 2. The van der Waals surface area contributed by atoms with Crippen molar-refractivity contribution in [3.8, 4) is 17.2 Å². The Hall–Kier alpha value is -1.54. The van der Waals surface area contributed by atoms with Crippen LogP contribution in [0.4, 0.5) is 0 Å². The molecule has 8 heteroatoms. The van der Waals surface area contributed by atoms with Crippen LogP contribution in [0.15, 0.2) is 46.8 Å². The first-order valence-corrected chi connectivity index (χ1v) is 10.7. The molecule has 3 aromatic rings. The average Bonchev–Trinajstić information content (AvgIpc) is 2.86. The van der Waals surface area contributed by atoms with Crippen LogP contribution < -0.4 is 9.47 Å². The van der Waals surface area contributed by atoms with E-state index in [0.717, 1.165) is 31.7 Å². The van der Waals surface area contributed by atoms with Gasteiger partial charge in [0.15, 0.2) is 19.8 Å². The summed E-state index contributed by atoms with van der Waals surface area (Å²) in [6.45, 7) is 1.27. The molecule has 134 valence electrons. The van der Waals surface area contributed by atoms with Crippen LogP contribution in [-0.2, 0) is 5.75 Å². The van der Waals surface area contributed by atoms with Crippen LogP contribution in [0, 0.1) is 3.95 Å². The van der Waals surface area contributed by atoms with Crippen molar-refractivity contribution in [2.45, 2.75) is 16.5 Å². The summed E-state index contributed by atoms with van der Waals surface area (Å²) >= 11 is 15.0. The average molecular weight is 423 g/mol. The Bertz CT molecular complexity index is 972. The van der Waals surface area contributed by atoms with Gasteiger partial charge in [-0.3, -0.25) is 0 Å². The number of para-hydroxylation sites is 1. The lowest BCUT2D eigenvalue weighted by Gasteiger charge is -2.11. The fraction of sp³-hybridized carbons (Fsp3) is 0.222. The number of thioether (sulfide) groups is 1. The monoisotopic (exact) mass is 422 g/mol. The number of halogens is 1. The number of aromatic nitrogens is 2. The van der Waals surface area contributed by atoms with Crippen molar-refractivity contribution in [1.82, 2.24) is 9.78 Å². The van der Waals surface area contributed by atoms with Crippen LogP contribution in [-0.4, -0.2) is 23.0 Å². The largest absolute Gasteiger partial charge is 0.489 e. The zero-order valence-electron chi connectivity index (χ0n) is 13.7. The predicted molar refractivity (Wildman–Crippen MR) is 109 cm³/mol. The van der Waals surface area contributed by atoms with Crippen molar-refractivity contribution >= 4 is 46.9 Å². The lowest BCUT2D eigenvalue weighted by Crippen LogP contribution is -1.97. The summed E-state index contributed by atoms with van der Waals surface area (Å²) in [5.74, 6) is 2.09. The molecule has 4 nitrogen and oxygen atoms in total. The molecule has 0 spiro atoms. The molecule has 1 aliphatic heterocycles. The summed E-state index contributed by atoms with van der Waals surface area (Å²) in [7, 11) is 0. The molecule has 4 rings (SSSR count). The highest BCUT2D eigenvalue weighted by Crippen LogP contribution is 2.39. The Morgan fingerprint density at radius 2 is 2.00 bits per heavy atom. The molecule has 26 heavy (non-hydrogen) atoms. The summed E-state index contributed by atoms with van der Waals surface area (Å²) in [6, 6.07) is 13.8. The molecule has 0 fully saturated rings. The third-order valence-electron chi connectivity index (χ3n) is 3.75. The van der Waals surface area contributed by atoms with Gasteiger partial charge in [0, 0.05) is 12.2 Å². The third kappa shape index (κ3) is 3.91. The normalized spacial score (nSPS) is 13.4. The smallest absolute Gasteiger partial charge is 0.184 e. The van der Waals surface area contributed by atoms with Gasteiger partial charge in [0.05, 0.1) is 23.9 Å². The summed E-state index contributed by atoms with van der Waals surface area (Å²) < 4.78 is 14.9. The number of nitrogens with zero attached hydrogens (tertiary/aromatic N) is 2. The van der Waals surface area contributed by atoms with E-state index in [1.54, 1.807) is 16.4 Å². The first kappa shape index (κ1) is 17.9. The molecular formula is C18H15ClN2O2S3. The maximum atomic E-state index is 6.36.